The molecule has 1 N–H and O–H groups in total. The Morgan fingerprint density at radius 3 is 2.51 bits per heavy atom. The van der Waals surface area contributed by atoms with Gasteiger partial charge in [-0.05, 0) is 90.6 Å². The van der Waals surface area contributed by atoms with Crippen molar-refractivity contribution < 1.29 is 24.3 Å². The molecular weight excluding hydrogens is 605 g/mol. The number of ketones is 2. The molecule has 7 heteroatoms. The molecule has 1 aliphatic heterocycles. The maximum absolute atomic E-state index is 13.9. The highest BCUT2D eigenvalue weighted by Crippen LogP contribution is 2.56. The van der Waals surface area contributed by atoms with Gasteiger partial charge in [0.15, 0.2) is 11.6 Å². The van der Waals surface area contributed by atoms with Gasteiger partial charge in [0, 0.05) is 31.8 Å². The third kappa shape index (κ3) is 3.89. The van der Waals surface area contributed by atoms with E-state index in [9.17, 15) is 24.3 Å². The highest BCUT2D eigenvalue weighted by atomic mass is 127. The number of rotatable bonds is 4. The molecule has 0 saturated carbocycles. The number of allylic oxidation sites excluding steroid dienone is 7. The number of hydrogen-bond acceptors (Lipinski definition) is 5. The Balaban J connectivity index is 1.50. The van der Waals surface area contributed by atoms with E-state index in [1.54, 1.807) is 37.3 Å². The van der Waals surface area contributed by atoms with Gasteiger partial charge in [0.2, 0.25) is 11.8 Å². The number of carbonyl (C=O) groups is 4. The summed E-state index contributed by atoms with van der Waals surface area (Å²) in [6.45, 7) is 5.41. The van der Waals surface area contributed by atoms with E-state index >= 15 is 0 Å². The summed E-state index contributed by atoms with van der Waals surface area (Å²) >= 11 is 2.18. The van der Waals surface area contributed by atoms with Crippen molar-refractivity contribution in [2.24, 2.45) is 17.8 Å². The number of para-hydroxylation sites is 1. The van der Waals surface area contributed by atoms with Crippen LogP contribution in [0.15, 0.2) is 89.6 Å². The summed E-state index contributed by atoms with van der Waals surface area (Å²) in [4.78, 5) is 55.6. The summed E-state index contributed by atoms with van der Waals surface area (Å²) < 4.78 is 0.994. The summed E-state index contributed by atoms with van der Waals surface area (Å²) in [6, 6.07) is 12.7. The number of halogens is 1. The second-order valence-electron chi connectivity index (χ2n) is 10.6. The van der Waals surface area contributed by atoms with Crippen molar-refractivity contribution in [3.8, 4) is 5.75 Å². The highest BCUT2D eigenvalue weighted by molar-refractivity contribution is 14.1. The molecule has 0 aromatic heterocycles. The molecule has 4 unspecified atom stereocenters. The van der Waals surface area contributed by atoms with Gasteiger partial charge in [-0.2, -0.15) is 0 Å². The van der Waals surface area contributed by atoms with Crippen LogP contribution in [0.3, 0.4) is 0 Å². The molecular formula is C32H26INO5. The molecule has 6 rings (SSSR count). The van der Waals surface area contributed by atoms with Gasteiger partial charge >= 0.3 is 0 Å². The highest BCUT2D eigenvalue weighted by Gasteiger charge is 2.56. The van der Waals surface area contributed by atoms with E-state index in [0.29, 0.717) is 46.4 Å². The van der Waals surface area contributed by atoms with Crippen LogP contribution in [-0.2, 0) is 25.6 Å². The van der Waals surface area contributed by atoms with Crippen LogP contribution in [0, 0.1) is 21.3 Å². The zero-order chi connectivity index (χ0) is 27.6. The largest absolute Gasteiger partial charge is 0.507 e. The van der Waals surface area contributed by atoms with Crippen molar-refractivity contribution in [2.45, 2.75) is 32.1 Å². The molecule has 2 aromatic rings. The first-order valence-electron chi connectivity index (χ1n) is 13.0. The smallest absolute Gasteiger partial charge is 0.238 e. The van der Waals surface area contributed by atoms with Crippen molar-refractivity contribution in [2.75, 3.05) is 4.90 Å². The molecule has 196 valence electrons. The van der Waals surface area contributed by atoms with Crippen LogP contribution in [0.4, 0.5) is 5.69 Å². The monoisotopic (exact) mass is 631 g/mol. The number of anilines is 1. The van der Waals surface area contributed by atoms with Crippen LogP contribution < -0.4 is 4.90 Å². The van der Waals surface area contributed by atoms with Crippen LogP contribution in [0.25, 0.3) is 0 Å². The number of imide groups is 1. The summed E-state index contributed by atoms with van der Waals surface area (Å²) in [5.74, 6) is -3.25. The molecule has 39 heavy (non-hydrogen) atoms. The van der Waals surface area contributed by atoms with E-state index in [0.717, 1.165) is 9.14 Å². The molecule has 1 fully saturated rings. The van der Waals surface area contributed by atoms with E-state index in [1.165, 1.54) is 11.0 Å². The Hall–Kier alpha value is -3.59. The van der Waals surface area contributed by atoms with Crippen molar-refractivity contribution >= 4 is 51.7 Å². The second kappa shape index (κ2) is 9.55. The average Bonchev–Trinajstić information content (AvgIpc) is 3.18. The van der Waals surface area contributed by atoms with Crippen LogP contribution in [0.1, 0.15) is 36.8 Å². The predicted molar refractivity (Wildman–Crippen MR) is 155 cm³/mol. The normalized spacial score (nSPS) is 26.2. The number of benzene rings is 2. The van der Waals surface area contributed by atoms with E-state index in [4.69, 9.17) is 0 Å². The number of fused-ring (bicyclic) bond motifs is 3. The predicted octanol–water partition coefficient (Wildman–Crippen LogP) is 5.36. The second-order valence-corrected chi connectivity index (χ2v) is 11.8. The fourth-order valence-electron chi connectivity index (χ4n) is 6.73. The number of amides is 2. The summed E-state index contributed by atoms with van der Waals surface area (Å²) in [7, 11) is 0. The van der Waals surface area contributed by atoms with Gasteiger partial charge in [-0.3, -0.25) is 24.1 Å². The van der Waals surface area contributed by atoms with E-state index in [2.05, 4.69) is 29.2 Å². The van der Waals surface area contributed by atoms with Gasteiger partial charge < -0.3 is 5.11 Å². The molecule has 2 amide bonds. The molecule has 1 heterocycles. The lowest BCUT2D eigenvalue weighted by molar-refractivity contribution is -0.123. The maximum Gasteiger partial charge on any atom is 0.238 e. The number of phenolic OH excluding ortho intramolecular Hbond substituents is 1. The third-order valence-electron chi connectivity index (χ3n) is 8.48. The zero-order valence-electron chi connectivity index (χ0n) is 21.3. The van der Waals surface area contributed by atoms with Crippen molar-refractivity contribution in [1.82, 2.24) is 0 Å². The number of carbonyl (C=O) groups excluding carboxylic acids is 4. The number of phenols is 1. The molecule has 3 aliphatic carbocycles. The number of nitrogens with zero attached hydrogens (tertiary/aromatic N) is 1. The molecule has 6 nitrogen and oxygen atoms in total. The fourth-order valence-corrected chi connectivity index (χ4v) is 7.09. The Bertz CT molecular complexity index is 1580. The van der Waals surface area contributed by atoms with Gasteiger partial charge in [-0.25, -0.2) is 0 Å². The van der Waals surface area contributed by atoms with Gasteiger partial charge in [0.05, 0.1) is 17.5 Å². The van der Waals surface area contributed by atoms with Gasteiger partial charge in [0.1, 0.15) is 5.75 Å². The first kappa shape index (κ1) is 25.7. The minimum absolute atomic E-state index is 0.0553. The summed E-state index contributed by atoms with van der Waals surface area (Å²) in [6.07, 6.45) is 6.02. The van der Waals surface area contributed by atoms with E-state index < -0.39 is 23.7 Å². The first-order valence-corrected chi connectivity index (χ1v) is 14.1. The number of aromatic hydroxyl groups is 1. The van der Waals surface area contributed by atoms with Crippen LogP contribution in [0.5, 0.6) is 5.75 Å². The molecule has 4 aliphatic rings. The Morgan fingerprint density at radius 1 is 1.05 bits per heavy atom. The van der Waals surface area contributed by atoms with Crippen LogP contribution in [0.2, 0.25) is 0 Å². The van der Waals surface area contributed by atoms with Crippen molar-refractivity contribution in [3.63, 3.8) is 0 Å². The Morgan fingerprint density at radius 2 is 1.79 bits per heavy atom. The zero-order valence-corrected chi connectivity index (χ0v) is 23.5. The summed E-state index contributed by atoms with van der Waals surface area (Å²) in [5, 5.41) is 11.3. The first-order chi connectivity index (χ1) is 18.7. The maximum atomic E-state index is 13.9. The molecule has 1 saturated heterocycles. The minimum Gasteiger partial charge on any atom is -0.507 e. The number of hydrogen-bond donors (Lipinski definition) is 1. The molecule has 0 bridgehead atoms. The molecule has 4 atom stereocenters. The Labute approximate surface area is 239 Å². The Kier molecular flexibility index (Phi) is 6.29. The van der Waals surface area contributed by atoms with E-state index in [-0.39, 0.29) is 35.6 Å². The minimum atomic E-state index is -0.681. The standard InChI is InChI=1S/C32H26INO5/c1-3-5-17-6-4-7-21(30(17)37)26-20-12-13-22-27(23(20)15-24-25(35)14-16(2)29(36)28(24)26)32(39)34(31(22)38)19-10-8-18(33)9-11-19/h3-4,6-12,14,22-23,26-27,37H,1,5,13,15H2,2H3. The van der Waals surface area contributed by atoms with Crippen LogP contribution >= 0.6 is 22.6 Å². The topological polar surface area (TPSA) is 91.8 Å². The third-order valence-corrected chi connectivity index (χ3v) is 9.19. The summed E-state index contributed by atoms with van der Waals surface area (Å²) in [5.41, 5.74) is 3.65. The van der Waals surface area contributed by atoms with E-state index in [1.807, 2.05) is 24.3 Å². The fraction of sp³-hybridized carbons (Fsp3) is 0.250. The van der Waals surface area contributed by atoms with Crippen molar-refractivity contribution in [3.05, 3.63) is 104 Å². The van der Waals surface area contributed by atoms with Gasteiger partial charge in [-0.15, -0.1) is 6.58 Å². The lowest BCUT2D eigenvalue weighted by atomic mass is 9.59. The van der Waals surface area contributed by atoms with Gasteiger partial charge in [0.25, 0.3) is 0 Å². The quantitative estimate of drug-likeness (QED) is 0.213. The molecule has 0 radical (unpaired) electrons. The lowest BCUT2D eigenvalue weighted by Gasteiger charge is -2.42. The van der Waals surface area contributed by atoms with Crippen molar-refractivity contribution in [1.29, 1.82) is 0 Å². The average molecular weight is 631 g/mol. The van der Waals surface area contributed by atoms with Gasteiger partial charge in [-0.1, -0.05) is 35.9 Å². The molecule has 0 spiro atoms. The number of Topliss-reactive ketones (excluding diaryl/α,β-unsaturated/α-hetero) is 1. The molecule has 2 aromatic carbocycles. The van der Waals surface area contributed by atoms with Crippen LogP contribution in [-0.4, -0.2) is 28.5 Å². The lowest BCUT2D eigenvalue weighted by Crippen LogP contribution is -2.39. The SMILES string of the molecule is C=CCc1cccc(C2C3=CCC4C(=O)N(c5ccc(I)cc5)C(=O)C4C3CC3=C2C(=O)C(C)=CC3=O)c1O.